The zero-order chi connectivity index (χ0) is 25.5. The molecule has 1 spiro atoms. The van der Waals surface area contributed by atoms with Gasteiger partial charge in [-0.1, -0.05) is 11.6 Å². The lowest BCUT2D eigenvalue weighted by Crippen LogP contribution is -2.59. The van der Waals surface area contributed by atoms with Crippen molar-refractivity contribution in [1.29, 1.82) is 0 Å². The van der Waals surface area contributed by atoms with E-state index in [9.17, 15) is 18.4 Å². The van der Waals surface area contributed by atoms with Crippen LogP contribution in [0.4, 0.5) is 25.0 Å². The summed E-state index contributed by atoms with van der Waals surface area (Å²) in [7, 11) is 2.08. The van der Waals surface area contributed by atoms with E-state index >= 15 is 0 Å². The van der Waals surface area contributed by atoms with Crippen molar-refractivity contribution >= 4 is 34.9 Å². The molecule has 7 nitrogen and oxygen atoms in total. The largest absolute Gasteiger partial charge is 0.372 e. The quantitative estimate of drug-likeness (QED) is 0.618. The molecule has 1 atom stereocenters. The first-order chi connectivity index (χ1) is 17.2. The van der Waals surface area contributed by atoms with Crippen molar-refractivity contribution in [3.05, 3.63) is 23.2 Å². The van der Waals surface area contributed by atoms with Gasteiger partial charge in [-0.2, -0.15) is 0 Å². The second kappa shape index (κ2) is 10.1. The molecule has 1 aromatic rings. The number of halogens is 3. The van der Waals surface area contributed by atoms with Gasteiger partial charge in [0.1, 0.15) is 0 Å². The average Bonchev–Trinajstić information content (AvgIpc) is 2.85. The second-order valence-electron chi connectivity index (χ2n) is 11.0. The van der Waals surface area contributed by atoms with Gasteiger partial charge in [0.05, 0.1) is 23.3 Å². The molecular weight excluding hydrogens is 488 g/mol. The van der Waals surface area contributed by atoms with E-state index in [1.54, 1.807) is 0 Å². The summed E-state index contributed by atoms with van der Waals surface area (Å²) in [6, 6.07) is 5.01. The number of likely N-dealkylation sites (tertiary alicyclic amines) is 1. The van der Waals surface area contributed by atoms with E-state index in [0.29, 0.717) is 36.3 Å². The minimum Gasteiger partial charge on any atom is -0.372 e. The van der Waals surface area contributed by atoms with Crippen LogP contribution in [0.25, 0.3) is 0 Å². The Kier molecular flexibility index (Phi) is 7.18. The van der Waals surface area contributed by atoms with Crippen molar-refractivity contribution < 1.29 is 18.4 Å². The molecule has 3 aliphatic heterocycles. The topological polar surface area (TPSA) is 67.9 Å². The van der Waals surface area contributed by atoms with E-state index in [-0.39, 0.29) is 24.3 Å². The molecule has 4 fully saturated rings. The minimum atomic E-state index is -2.65. The lowest BCUT2D eigenvalue weighted by Gasteiger charge is -2.50. The van der Waals surface area contributed by atoms with Crippen molar-refractivity contribution in [3.63, 3.8) is 0 Å². The molecule has 1 aromatic carbocycles. The number of amides is 3. The third kappa shape index (κ3) is 5.07. The van der Waals surface area contributed by atoms with E-state index in [1.807, 2.05) is 23.1 Å². The number of nitrogens with one attached hydrogen (secondary N) is 2. The molecule has 0 bridgehead atoms. The average molecular weight is 524 g/mol. The Balaban J connectivity index is 1.19. The normalized spacial score (nSPS) is 27.2. The first-order valence-corrected chi connectivity index (χ1v) is 13.5. The molecule has 3 amide bonds. The fourth-order valence-electron chi connectivity index (χ4n) is 6.62. The highest BCUT2D eigenvalue weighted by atomic mass is 35.5. The number of nitrogens with zero attached hydrogens (tertiary/aromatic N) is 3. The van der Waals surface area contributed by atoms with Crippen molar-refractivity contribution in [2.45, 2.75) is 69.4 Å². The predicted molar refractivity (Wildman–Crippen MR) is 137 cm³/mol. The third-order valence-corrected chi connectivity index (χ3v) is 9.31. The fraction of sp³-hybridized carbons (Fsp3) is 0.692. The number of hydrogen-bond donors (Lipinski definition) is 2. The maximum absolute atomic E-state index is 14.4. The monoisotopic (exact) mass is 523 g/mol. The number of anilines is 2. The van der Waals surface area contributed by atoms with Gasteiger partial charge < -0.3 is 10.2 Å². The van der Waals surface area contributed by atoms with Crippen molar-refractivity contribution in [1.82, 2.24) is 15.5 Å². The van der Waals surface area contributed by atoms with E-state index in [1.165, 1.54) is 4.90 Å². The molecule has 4 aliphatic rings. The lowest BCUT2D eigenvalue weighted by atomic mass is 9.66. The first-order valence-electron chi connectivity index (χ1n) is 13.1. The molecule has 198 valence electrons. The van der Waals surface area contributed by atoms with Crippen molar-refractivity contribution in [2.24, 2.45) is 5.41 Å². The Labute approximate surface area is 216 Å². The van der Waals surface area contributed by atoms with Gasteiger partial charge in [0.15, 0.2) is 0 Å². The van der Waals surface area contributed by atoms with Crippen molar-refractivity contribution in [2.75, 3.05) is 49.6 Å². The molecule has 1 unspecified atom stereocenters. The van der Waals surface area contributed by atoms with Crippen LogP contribution in [0.2, 0.25) is 5.02 Å². The molecule has 5 rings (SSSR count). The highest BCUT2D eigenvalue weighted by molar-refractivity contribution is 6.34. The maximum atomic E-state index is 14.4. The Morgan fingerprint density at radius 1 is 1.06 bits per heavy atom. The molecule has 1 aliphatic carbocycles. The molecule has 3 heterocycles. The Bertz CT molecular complexity index is 991. The summed E-state index contributed by atoms with van der Waals surface area (Å²) < 4.78 is 28.9. The number of benzene rings is 1. The van der Waals surface area contributed by atoms with E-state index in [2.05, 4.69) is 22.6 Å². The molecular formula is C26H36ClF2N5O2. The molecule has 3 saturated heterocycles. The van der Waals surface area contributed by atoms with Gasteiger partial charge >= 0.3 is 6.03 Å². The number of alkyl halides is 2. The molecule has 1 saturated carbocycles. The highest BCUT2D eigenvalue weighted by Gasteiger charge is 2.47. The number of hydrogen-bond acceptors (Lipinski definition) is 5. The van der Waals surface area contributed by atoms with Gasteiger partial charge in [0.25, 0.3) is 5.92 Å². The zero-order valence-corrected chi connectivity index (χ0v) is 21.6. The van der Waals surface area contributed by atoms with Crippen LogP contribution < -0.4 is 20.4 Å². The molecule has 2 N–H and O–H groups in total. The Morgan fingerprint density at radius 3 is 2.44 bits per heavy atom. The standard InChI is InChI=1S/C26H36ClF2N5O2/c1-32(19-2-3-20(27)21(16-19)34-13-7-23(35)31-24(34)36)18-4-8-25(9-5-18)10-14-33(15-11-25)22-6-12-30-17-26(22,28)29/h2-3,16,18,22,30H,4-15,17H2,1H3,(H,31,35,36). The number of carbonyl (C=O) groups excluding carboxylic acids is 2. The first kappa shape index (κ1) is 25.7. The summed E-state index contributed by atoms with van der Waals surface area (Å²) in [4.78, 5) is 29.7. The number of piperidine rings is 2. The van der Waals surface area contributed by atoms with Gasteiger partial charge in [-0.05, 0) is 88.2 Å². The van der Waals surface area contributed by atoms with Crippen LogP contribution in [-0.4, -0.2) is 74.6 Å². The molecule has 36 heavy (non-hydrogen) atoms. The smallest absolute Gasteiger partial charge is 0.328 e. The summed E-state index contributed by atoms with van der Waals surface area (Å²) in [6.45, 7) is 2.30. The predicted octanol–water partition coefficient (Wildman–Crippen LogP) is 4.24. The van der Waals surface area contributed by atoms with E-state index in [4.69, 9.17) is 11.6 Å². The van der Waals surface area contributed by atoms with E-state index < -0.39 is 18.0 Å². The van der Waals surface area contributed by atoms with Gasteiger partial charge in [-0.25, -0.2) is 13.6 Å². The van der Waals surface area contributed by atoms with Crippen LogP contribution in [0.5, 0.6) is 0 Å². The molecule has 0 radical (unpaired) electrons. The fourth-order valence-corrected chi connectivity index (χ4v) is 6.84. The van der Waals surface area contributed by atoms with Gasteiger partial charge in [0.2, 0.25) is 5.91 Å². The summed E-state index contributed by atoms with van der Waals surface area (Å²) in [5.41, 5.74) is 1.86. The third-order valence-electron chi connectivity index (χ3n) is 8.99. The zero-order valence-electron chi connectivity index (χ0n) is 20.9. The van der Waals surface area contributed by atoms with Crippen LogP contribution >= 0.6 is 11.6 Å². The minimum absolute atomic E-state index is 0.208. The summed E-state index contributed by atoms with van der Waals surface area (Å²) >= 11 is 6.43. The summed E-state index contributed by atoms with van der Waals surface area (Å²) in [6.07, 6.45) is 7.08. The summed E-state index contributed by atoms with van der Waals surface area (Å²) in [5, 5.41) is 5.67. The van der Waals surface area contributed by atoms with Crippen LogP contribution in [0.15, 0.2) is 18.2 Å². The Morgan fingerprint density at radius 2 is 1.78 bits per heavy atom. The Hall–Kier alpha value is -1.97. The molecule has 0 aromatic heterocycles. The van der Waals surface area contributed by atoms with Crippen LogP contribution in [0.1, 0.15) is 51.4 Å². The highest BCUT2D eigenvalue weighted by Crippen LogP contribution is 2.47. The molecule has 10 heteroatoms. The van der Waals surface area contributed by atoms with Crippen LogP contribution in [0, 0.1) is 5.41 Å². The number of rotatable bonds is 4. The van der Waals surface area contributed by atoms with Gasteiger partial charge in [0, 0.05) is 31.7 Å². The lowest BCUT2D eigenvalue weighted by molar-refractivity contribution is -0.120. The van der Waals surface area contributed by atoms with Gasteiger partial charge in [-0.15, -0.1) is 0 Å². The second-order valence-corrected chi connectivity index (χ2v) is 11.4. The number of urea groups is 1. The maximum Gasteiger partial charge on any atom is 0.328 e. The van der Waals surface area contributed by atoms with Crippen LogP contribution in [-0.2, 0) is 4.79 Å². The van der Waals surface area contributed by atoms with Crippen molar-refractivity contribution in [3.8, 4) is 0 Å². The summed E-state index contributed by atoms with van der Waals surface area (Å²) in [5.74, 6) is -2.92. The number of imide groups is 1. The van der Waals surface area contributed by atoms with Crippen LogP contribution in [0.3, 0.4) is 0 Å². The SMILES string of the molecule is CN(c1ccc(Cl)c(N2CCC(=O)NC2=O)c1)C1CCC2(CC1)CCN(C1CCNCC1(F)F)CC2. The van der Waals surface area contributed by atoms with E-state index in [0.717, 1.165) is 57.3 Å². The van der Waals surface area contributed by atoms with Gasteiger partial charge in [-0.3, -0.25) is 19.9 Å². The number of carbonyl (C=O) groups is 2.